The van der Waals surface area contributed by atoms with Crippen molar-refractivity contribution in [1.82, 2.24) is 9.78 Å². The molecule has 0 spiro atoms. The third-order valence-corrected chi connectivity index (χ3v) is 2.07. The molecule has 0 aliphatic rings. The number of nitrogens with zero attached hydrogens (tertiary/aromatic N) is 2. The number of ketones is 1. The zero-order valence-electron chi connectivity index (χ0n) is 8.57. The number of rotatable bonds is 6. The minimum Gasteiger partial charge on any atom is -0.330 e. The molecule has 0 fully saturated rings. The maximum absolute atomic E-state index is 11.4. The van der Waals surface area contributed by atoms with Crippen LogP contribution in [-0.2, 0) is 17.8 Å². The van der Waals surface area contributed by atoms with Crippen LogP contribution in [0.15, 0.2) is 12.4 Å². The molecule has 0 aliphatic heterocycles. The van der Waals surface area contributed by atoms with Crippen LogP contribution in [0.4, 0.5) is 0 Å². The fraction of sp³-hybridized carbons (Fsp3) is 0.600. The van der Waals surface area contributed by atoms with E-state index in [1.165, 1.54) is 0 Å². The number of nitrogens with two attached hydrogens (primary N) is 1. The third kappa shape index (κ3) is 3.30. The highest BCUT2D eigenvalue weighted by Gasteiger charge is 2.04. The molecular formula is C10H17N3O. The van der Waals surface area contributed by atoms with E-state index in [1.54, 1.807) is 6.20 Å². The van der Waals surface area contributed by atoms with E-state index >= 15 is 0 Å². The van der Waals surface area contributed by atoms with Crippen LogP contribution in [0.2, 0.25) is 0 Å². The van der Waals surface area contributed by atoms with E-state index in [1.807, 2.05) is 17.8 Å². The first kappa shape index (κ1) is 10.9. The standard InChI is InChI=1S/C10H17N3O/c1-2-13-8-9(7-12-13)6-10(14)4-3-5-11/h7-8H,2-6,11H2,1H3. The van der Waals surface area contributed by atoms with Gasteiger partial charge >= 0.3 is 0 Å². The van der Waals surface area contributed by atoms with Gasteiger partial charge in [0.25, 0.3) is 0 Å². The number of Topliss-reactive ketones (excluding diaryl/α,β-unsaturated/α-hetero) is 1. The van der Waals surface area contributed by atoms with Gasteiger partial charge in [-0.15, -0.1) is 0 Å². The van der Waals surface area contributed by atoms with Crippen molar-refractivity contribution in [3.63, 3.8) is 0 Å². The summed E-state index contributed by atoms with van der Waals surface area (Å²) in [5.74, 6) is 0.242. The number of carbonyl (C=O) groups excluding carboxylic acids is 1. The number of aryl methyl sites for hydroxylation is 1. The number of hydrogen-bond acceptors (Lipinski definition) is 3. The molecule has 0 saturated carbocycles. The van der Waals surface area contributed by atoms with Crippen LogP contribution < -0.4 is 5.73 Å². The lowest BCUT2D eigenvalue weighted by molar-refractivity contribution is -0.118. The minimum absolute atomic E-state index is 0.242. The van der Waals surface area contributed by atoms with Crippen LogP contribution >= 0.6 is 0 Å². The van der Waals surface area contributed by atoms with Gasteiger partial charge in [0.05, 0.1) is 6.20 Å². The average molecular weight is 195 g/mol. The SMILES string of the molecule is CCn1cc(CC(=O)CCCN)cn1. The maximum Gasteiger partial charge on any atom is 0.137 e. The molecule has 0 atom stereocenters. The molecule has 0 radical (unpaired) electrons. The second-order valence-corrected chi connectivity index (χ2v) is 3.31. The Morgan fingerprint density at radius 3 is 3.00 bits per heavy atom. The molecule has 1 aromatic rings. The first-order valence-corrected chi connectivity index (χ1v) is 4.99. The van der Waals surface area contributed by atoms with Gasteiger partial charge < -0.3 is 5.73 Å². The van der Waals surface area contributed by atoms with E-state index in [4.69, 9.17) is 5.73 Å². The van der Waals surface area contributed by atoms with E-state index in [0.717, 1.165) is 18.5 Å². The van der Waals surface area contributed by atoms with Gasteiger partial charge in [-0.05, 0) is 25.5 Å². The van der Waals surface area contributed by atoms with Crippen LogP contribution in [0, 0.1) is 0 Å². The molecule has 4 nitrogen and oxygen atoms in total. The summed E-state index contributed by atoms with van der Waals surface area (Å²) in [7, 11) is 0. The minimum atomic E-state index is 0.242. The van der Waals surface area contributed by atoms with Gasteiger partial charge in [-0.25, -0.2) is 0 Å². The Hall–Kier alpha value is -1.16. The summed E-state index contributed by atoms with van der Waals surface area (Å²) >= 11 is 0. The first-order chi connectivity index (χ1) is 6.76. The summed E-state index contributed by atoms with van der Waals surface area (Å²) in [6.45, 7) is 3.45. The highest BCUT2D eigenvalue weighted by molar-refractivity contribution is 5.80. The topological polar surface area (TPSA) is 60.9 Å². The van der Waals surface area contributed by atoms with E-state index in [2.05, 4.69) is 5.10 Å². The summed E-state index contributed by atoms with van der Waals surface area (Å²) in [6, 6.07) is 0. The fourth-order valence-electron chi connectivity index (χ4n) is 1.29. The van der Waals surface area contributed by atoms with Crippen molar-refractivity contribution in [2.75, 3.05) is 6.54 Å². The van der Waals surface area contributed by atoms with Crippen molar-refractivity contribution in [1.29, 1.82) is 0 Å². The normalized spacial score (nSPS) is 10.4. The molecule has 0 unspecified atom stereocenters. The van der Waals surface area contributed by atoms with Gasteiger partial charge in [0.15, 0.2) is 0 Å². The van der Waals surface area contributed by atoms with Crippen molar-refractivity contribution in [3.05, 3.63) is 18.0 Å². The van der Waals surface area contributed by atoms with E-state index in [-0.39, 0.29) is 5.78 Å². The van der Waals surface area contributed by atoms with Crippen LogP contribution in [0.25, 0.3) is 0 Å². The zero-order valence-corrected chi connectivity index (χ0v) is 8.57. The second kappa shape index (κ2) is 5.54. The van der Waals surface area contributed by atoms with Gasteiger partial charge in [-0.3, -0.25) is 9.48 Å². The predicted molar refractivity (Wildman–Crippen MR) is 54.9 cm³/mol. The monoisotopic (exact) mass is 195 g/mol. The summed E-state index contributed by atoms with van der Waals surface area (Å²) < 4.78 is 1.82. The molecule has 2 N–H and O–H groups in total. The number of hydrogen-bond donors (Lipinski definition) is 1. The molecule has 1 aromatic heterocycles. The van der Waals surface area contributed by atoms with E-state index in [9.17, 15) is 4.79 Å². The van der Waals surface area contributed by atoms with Gasteiger partial charge in [0.1, 0.15) is 5.78 Å². The van der Waals surface area contributed by atoms with E-state index in [0.29, 0.717) is 19.4 Å². The van der Waals surface area contributed by atoms with Crippen molar-refractivity contribution >= 4 is 5.78 Å². The summed E-state index contributed by atoms with van der Waals surface area (Å²) in [6.07, 6.45) is 5.51. The first-order valence-electron chi connectivity index (χ1n) is 4.99. The molecular weight excluding hydrogens is 178 g/mol. The van der Waals surface area contributed by atoms with Crippen LogP contribution in [0.3, 0.4) is 0 Å². The largest absolute Gasteiger partial charge is 0.330 e. The molecule has 1 heterocycles. The average Bonchev–Trinajstić information content (AvgIpc) is 2.62. The highest BCUT2D eigenvalue weighted by atomic mass is 16.1. The van der Waals surface area contributed by atoms with E-state index < -0.39 is 0 Å². The Labute approximate surface area is 84.1 Å². The molecule has 0 amide bonds. The molecule has 78 valence electrons. The number of carbonyl (C=O) groups is 1. The van der Waals surface area contributed by atoms with Gasteiger partial charge in [0.2, 0.25) is 0 Å². The maximum atomic E-state index is 11.4. The highest BCUT2D eigenvalue weighted by Crippen LogP contribution is 2.02. The zero-order chi connectivity index (χ0) is 10.4. The van der Waals surface area contributed by atoms with Gasteiger partial charge in [-0.2, -0.15) is 5.10 Å². The lowest BCUT2D eigenvalue weighted by Gasteiger charge is -1.96. The Kier molecular flexibility index (Phi) is 4.32. The summed E-state index contributed by atoms with van der Waals surface area (Å²) in [4.78, 5) is 11.4. The second-order valence-electron chi connectivity index (χ2n) is 3.31. The number of aromatic nitrogens is 2. The lowest BCUT2D eigenvalue weighted by Crippen LogP contribution is -2.06. The summed E-state index contributed by atoms with van der Waals surface area (Å²) in [5.41, 5.74) is 6.32. The van der Waals surface area contributed by atoms with Crippen molar-refractivity contribution in [2.24, 2.45) is 5.73 Å². The van der Waals surface area contributed by atoms with Crippen molar-refractivity contribution < 1.29 is 4.79 Å². The predicted octanol–water partition coefficient (Wildman–Crippen LogP) is 0.753. The smallest absolute Gasteiger partial charge is 0.137 e. The molecule has 0 aliphatic carbocycles. The molecule has 14 heavy (non-hydrogen) atoms. The van der Waals surface area contributed by atoms with Crippen LogP contribution in [-0.4, -0.2) is 22.1 Å². The lowest BCUT2D eigenvalue weighted by atomic mass is 10.1. The molecule has 0 bridgehead atoms. The third-order valence-electron chi connectivity index (χ3n) is 2.07. The quantitative estimate of drug-likeness (QED) is 0.728. The van der Waals surface area contributed by atoms with Crippen molar-refractivity contribution in [3.8, 4) is 0 Å². The Morgan fingerprint density at radius 2 is 2.43 bits per heavy atom. The molecule has 1 rings (SSSR count). The Balaban J connectivity index is 2.39. The van der Waals surface area contributed by atoms with Crippen LogP contribution in [0.5, 0.6) is 0 Å². The Bertz CT molecular complexity index is 293. The van der Waals surface area contributed by atoms with Crippen molar-refractivity contribution in [2.45, 2.75) is 32.7 Å². The summed E-state index contributed by atoms with van der Waals surface area (Å²) in [5, 5.41) is 4.11. The van der Waals surface area contributed by atoms with Gasteiger partial charge in [-0.1, -0.05) is 0 Å². The Morgan fingerprint density at radius 1 is 1.64 bits per heavy atom. The molecule has 4 heteroatoms. The molecule has 0 aromatic carbocycles. The molecule has 0 saturated heterocycles. The fourth-order valence-corrected chi connectivity index (χ4v) is 1.29. The van der Waals surface area contributed by atoms with Crippen LogP contribution in [0.1, 0.15) is 25.3 Å². The van der Waals surface area contributed by atoms with Gasteiger partial charge in [0, 0.05) is 25.6 Å².